The first-order valence-corrected chi connectivity index (χ1v) is 8.78. The summed E-state index contributed by atoms with van der Waals surface area (Å²) in [6.45, 7) is 0. The van der Waals surface area contributed by atoms with Crippen molar-refractivity contribution >= 4 is 46.5 Å². The fourth-order valence-corrected chi connectivity index (χ4v) is 2.92. The number of hydrogen-bond donors (Lipinski definition) is 2. The third-order valence-corrected chi connectivity index (χ3v) is 4.32. The fraction of sp³-hybridized carbons (Fsp3) is 0.167. The number of aromatic nitrogens is 3. The number of nitrogens with zero attached hydrogens (tertiary/aromatic N) is 3. The van der Waals surface area contributed by atoms with Gasteiger partial charge in [0.15, 0.2) is 11.5 Å². The molecule has 1 heterocycles. The normalized spacial score (nSPS) is 10.3. The minimum absolute atomic E-state index is 0.278. The second-order valence-electron chi connectivity index (χ2n) is 5.39. The van der Waals surface area contributed by atoms with Crippen molar-refractivity contribution in [3.63, 3.8) is 0 Å². The van der Waals surface area contributed by atoms with Gasteiger partial charge in [0.1, 0.15) is 6.33 Å². The number of halogens is 2. The van der Waals surface area contributed by atoms with Crippen LogP contribution in [0.2, 0.25) is 10.0 Å². The van der Waals surface area contributed by atoms with Gasteiger partial charge in [-0.05, 0) is 12.1 Å². The van der Waals surface area contributed by atoms with Gasteiger partial charge in [-0.25, -0.2) is 9.97 Å². The number of anilines is 4. The molecule has 0 unspecified atom stereocenters. The molecule has 0 saturated carbocycles. The highest BCUT2D eigenvalue weighted by Gasteiger charge is 2.14. The van der Waals surface area contributed by atoms with E-state index < -0.39 is 0 Å². The molecule has 1 aromatic heterocycles. The van der Waals surface area contributed by atoms with E-state index in [0.29, 0.717) is 44.6 Å². The van der Waals surface area contributed by atoms with Crippen LogP contribution in [0.1, 0.15) is 0 Å². The second kappa shape index (κ2) is 8.81. The molecule has 2 N–H and O–H groups in total. The van der Waals surface area contributed by atoms with Gasteiger partial charge in [0.05, 0.1) is 37.1 Å². The maximum Gasteiger partial charge on any atom is 0.232 e. The van der Waals surface area contributed by atoms with Crippen LogP contribution in [-0.4, -0.2) is 36.3 Å². The zero-order valence-corrected chi connectivity index (χ0v) is 16.8. The highest BCUT2D eigenvalue weighted by molar-refractivity contribution is 6.39. The highest BCUT2D eigenvalue weighted by atomic mass is 35.5. The van der Waals surface area contributed by atoms with Crippen LogP contribution in [0, 0.1) is 0 Å². The quantitative estimate of drug-likeness (QED) is 0.567. The third-order valence-electron chi connectivity index (χ3n) is 3.69. The van der Waals surface area contributed by atoms with E-state index in [1.807, 2.05) is 0 Å². The van der Waals surface area contributed by atoms with Crippen molar-refractivity contribution in [3.8, 4) is 17.2 Å². The van der Waals surface area contributed by atoms with Gasteiger partial charge in [-0.2, -0.15) is 4.98 Å². The molecule has 3 rings (SSSR count). The minimum atomic E-state index is 0.278. The molecule has 0 aliphatic carbocycles. The Kier molecular flexibility index (Phi) is 6.23. The van der Waals surface area contributed by atoms with Gasteiger partial charge in [-0.1, -0.05) is 29.3 Å². The number of rotatable bonds is 7. The van der Waals surface area contributed by atoms with Gasteiger partial charge < -0.3 is 24.8 Å². The molecule has 0 aliphatic heterocycles. The topological polar surface area (TPSA) is 90.4 Å². The molecule has 0 radical (unpaired) electrons. The van der Waals surface area contributed by atoms with Crippen molar-refractivity contribution in [2.45, 2.75) is 0 Å². The lowest BCUT2D eigenvalue weighted by Gasteiger charge is -2.15. The number of benzene rings is 2. The molecule has 28 heavy (non-hydrogen) atoms. The minimum Gasteiger partial charge on any atom is -0.493 e. The Hall–Kier alpha value is -2.97. The molecule has 3 aromatic rings. The summed E-state index contributed by atoms with van der Waals surface area (Å²) >= 11 is 12.3. The molecule has 10 heteroatoms. The van der Waals surface area contributed by atoms with Crippen LogP contribution < -0.4 is 24.8 Å². The van der Waals surface area contributed by atoms with Crippen LogP contribution in [-0.2, 0) is 0 Å². The van der Waals surface area contributed by atoms with Gasteiger partial charge in [0.25, 0.3) is 0 Å². The predicted molar refractivity (Wildman–Crippen MR) is 109 cm³/mol. The Morgan fingerprint density at radius 1 is 0.821 bits per heavy atom. The Morgan fingerprint density at radius 3 is 1.93 bits per heavy atom. The maximum absolute atomic E-state index is 6.17. The Balaban J connectivity index is 1.87. The molecule has 0 bridgehead atoms. The van der Waals surface area contributed by atoms with E-state index in [1.165, 1.54) is 13.4 Å². The first kappa shape index (κ1) is 19.8. The smallest absolute Gasteiger partial charge is 0.232 e. The lowest BCUT2D eigenvalue weighted by Crippen LogP contribution is -2.04. The number of methoxy groups -OCH3 is 3. The highest BCUT2D eigenvalue weighted by Crippen LogP contribution is 2.40. The summed E-state index contributed by atoms with van der Waals surface area (Å²) in [6, 6.07) is 8.66. The lowest BCUT2D eigenvalue weighted by atomic mass is 10.2. The summed E-state index contributed by atoms with van der Waals surface area (Å²) in [5.41, 5.74) is 1.15. The number of hydrogen-bond acceptors (Lipinski definition) is 8. The van der Waals surface area contributed by atoms with Crippen molar-refractivity contribution in [1.29, 1.82) is 0 Å². The van der Waals surface area contributed by atoms with Crippen molar-refractivity contribution in [2.24, 2.45) is 0 Å². The van der Waals surface area contributed by atoms with Crippen LogP contribution >= 0.6 is 23.2 Å². The first-order chi connectivity index (χ1) is 13.5. The van der Waals surface area contributed by atoms with Crippen LogP contribution in [0.4, 0.5) is 23.3 Å². The first-order valence-electron chi connectivity index (χ1n) is 8.02. The zero-order valence-electron chi connectivity index (χ0n) is 15.3. The van der Waals surface area contributed by atoms with E-state index in [-0.39, 0.29) is 5.95 Å². The third kappa shape index (κ3) is 4.29. The molecule has 0 fully saturated rings. The zero-order chi connectivity index (χ0) is 20.1. The monoisotopic (exact) mass is 421 g/mol. The number of nitrogens with one attached hydrogen (secondary N) is 2. The van der Waals surface area contributed by atoms with E-state index >= 15 is 0 Å². The van der Waals surface area contributed by atoms with Crippen molar-refractivity contribution in [2.75, 3.05) is 32.0 Å². The van der Waals surface area contributed by atoms with Gasteiger partial charge in [-0.3, -0.25) is 0 Å². The van der Waals surface area contributed by atoms with Crippen molar-refractivity contribution < 1.29 is 14.2 Å². The van der Waals surface area contributed by atoms with E-state index in [1.54, 1.807) is 44.6 Å². The molecule has 0 spiro atoms. The van der Waals surface area contributed by atoms with Crippen molar-refractivity contribution in [3.05, 3.63) is 46.7 Å². The number of ether oxygens (including phenoxy) is 3. The largest absolute Gasteiger partial charge is 0.493 e. The average Bonchev–Trinajstić information content (AvgIpc) is 2.70. The Bertz CT molecular complexity index is 942. The molecular weight excluding hydrogens is 405 g/mol. The van der Waals surface area contributed by atoms with Crippen LogP contribution in [0.3, 0.4) is 0 Å². The summed E-state index contributed by atoms with van der Waals surface area (Å²) in [5.74, 6) is 2.07. The molecule has 0 saturated heterocycles. The average molecular weight is 422 g/mol. The molecule has 2 aromatic carbocycles. The van der Waals surface area contributed by atoms with E-state index in [2.05, 4.69) is 25.6 Å². The van der Waals surface area contributed by atoms with Crippen molar-refractivity contribution in [1.82, 2.24) is 15.0 Å². The number of para-hydroxylation sites is 1. The van der Waals surface area contributed by atoms with Gasteiger partial charge in [-0.15, -0.1) is 0 Å². The Labute approximate surface area is 171 Å². The fourth-order valence-electron chi connectivity index (χ4n) is 2.43. The summed E-state index contributed by atoms with van der Waals surface area (Å²) in [7, 11) is 4.62. The molecule has 0 aliphatic rings. The van der Waals surface area contributed by atoms with Crippen LogP contribution in [0.15, 0.2) is 36.7 Å². The van der Waals surface area contributed by atoms with Crippen LogP contribution in [0.25, 0.3) is 0 Å². The van der Waals surface area contributed by atoms with E-state index in [9.17, 15) is 0 Å². The predicted octanol–water partition coefficient (Wildman–Crippen LogP) is 4.69. The summed E-state index contributed by atoms with van der Waals surface area (Å²) in [6.07, 6.45) is 1.36. The van der Waals surface area contributed by atoms with Gasteiger partial charge in [0, 0.05) is 17.8 Å². The molecule has 8 nitrogen and oxygen atoms in total. The molecule has 0 amide bonds. The van der Waals surface area contributed by atoms with E-state index in [4.69, 9.17) is 37.4 Å². The van der Waals surface area contributed by atoms with Gasteiger partial charge in [0.2, 0.25) is 17.6 Å². The molecular formula is C18H17Cl2N5O3. The summed E-state index contributed by atoms with van der Waals surface area (Å²) in [5, 5.41) is 6.97. The summed E-state index contributed by atoms with van der Waals surface area (Å²) < 4.78 is 16.0. The standard InChI is InChI=1S/C18H17Cl2N5O3/c1-26-13-7-10(8-14(27-2)16(13)28-3)23-17-21-9-22-18(25-17)24-15-11(19)5-4-6-12(15)20/h4-9H,1-3H3,(H2,21,22,23,24,25). The van der Waals surface area contributed by atoms with Gasteiger partial charge >= 0.3 is 0 Å². The van der Waals surface area contributed by atoms with E-state index in [0.717, 1.165) is 0 Å². The molecule has 146 valence electrons. The summed E-state index contributed by atoms with van der Waals surface area (Å²) in [4.78, 5) is 12.5. The second-order valence-corrected chi connectivity index (χ2v) is 6.21. The van der Waals surface area contributed by atoms with Crippen LogP contribution in [0.5, 0.6) is 17.2 Å². The SMILES string of the molecule is COc1cc(Nc2ncnc(Nc3c(Cl)cccc3Cl)n2)cc(OC)c1OC. The Morgan fingerprint density at radius 2 is 1.39 bits per heavy atom. The molecule has 0 atom stereocenters. The lowest BCUT2D eigenvalue weighted by molar-refractivity contribution is 0.324. The maximum atomic E-state index is 6.17.